The number of carbonyl (C=O) groups is 1. The number of nitrogens with one attached hydrogen (secondary N) is 1. The fourth-order valence-electron chi connectivity index (χ4n) is 2.19. The zero-order chi connectivity index (χ0) is 13.9. The highest BCUT2D eigenvalue weighted by Crippen LogP contribution is 2.41. The number of amides is 1. The lowest BCUT2D eigenvalue weighted by Crippen LogP contribution is -2.32. The maximum Gasteiger partial charge on any atom is 0.242 e. The van der Waals surface area contributed by atoms with Gasteiger partial charge < -0.3 is 5.32 Å². The van der Waals surface area contributed by atoms with Crippen LogP contribution >= 0.6 is 11.6 Å². The van der Waals surface area contributed by atoms with Crippen molar-refractivity contribution in [2.45, 2.75) is 25.4 Å². The number of hydrogen-bond acceptors (Lipinski definition) is 4. The average Bonchev–Trinajstić information content (AvgIpc) is 3.16. The summed E-state index contributed by atoms with van der Waals surface area (Å²) in [7, 11) is 0. The van der Waals surface area contributed by atoms with Crippen LogP contribution < -0.4 is 5.32 Å². The largest absolute Gasteiger partial charge is 0.347 e. The molecule has 0 spiro atoms. The summed E-state index contributed by atoms with van der Waals surface area (Å²) >= 11 is 5.90. The van der Waals surface area contributed by atoms with E-state index in [4.69, 9.17) is 11.6 Å². The van der Waals surface area contributed by atoms with Gasteiger partial charge in [0.15, 0.2) is 0 Å². The maximum absolute atomic E-state index is 12.0. The van der Waals surface area contributed by atoms with Crippen molar-refractivity contribution >= 4 is 17.5 Å². The minimum Gasteiger partial charge on any atom is -0.347 e. The van der Waals surface area contributed by atoms with Crippen molar-refractivity contribution in [3.05, 3.63) is 41.2 Å². The summed E-state index contributed by atoms with van der Waals surface area (Å²) in [6.07, 6.45) is 3.70. The maximum atomic E-state index is 12.0. The number of halogens is 1. The highest BCUT2D eigenvalue weighted by atomic mass is 35.5. The lowest BCUT2D eigenvalue weighted by atomic mass is 10.0. The molecule has 1 aliphatic rings. The van der Waals surface area contributed by atoms with Crippen LogP contribution in [0.15, 0.2) is 30.6 Å². The molecule has 20 heavy (non-hydrogen) atoms. The van der Waals surface area contributed by atoms with E-state index in [9.17, 15) is 4.79 Å². The topological polar surface area (TPSA) is 72.7 Å². The van der Waals surface area contributed by atoms with Crippen LogP contribution in [0.1, 0.15) is 24.4 Å². The zero-order valence-corrected chi connectivity index (χ0v) is 11.5. The normalized spacial score (nSPS) is 15.8. The summed E-state index contributed by atoms with van der Waals surface area (Å²) in [4.78, 5) is 12.0. The third-order valence-corrected chi connectivity index (χ3v) is 3.59. The van der Waals surface area contributed by atoms with Gasteiger partial charge in [-0.2, -0.15) is 0 Å². The van der Waals surface area contributed by atoms with E-state index in [1.165, 1.54) is 11.0 Å². The standard InChI is InChI=1S/C13H14ClN5O/c14-11-5-3-10(4-6-11)13(9-1-2-9)16-12(20)7-19-8-15-17-18-19/h3-6,8-9,13H,1-2,7H2,(H,16,20). The van der Waals surface area contributed by atoms with E-state index in [-0.39, 0.29) is 18.5 Å². The third kappa shape index (κ3) is 3.14. The third-order valence-electron chi connectivity index (χ3n) is 3.34. The van der Waals surface area contributed by atoms with Crippen LogP contribution in [-0.4, -0.2) is 26.1 Å². The molecule has 1 unspecified atom stereocenters. The molecule has 2 aromatic rings. The van der Waals surface area contributed by atoms with Gasteiger partial charge in [0.1, 0.15) is 12.9 Å². The number of carbonyl (C=O) groups excluding carboxylic acids is 1. The number of benzene rings is 1. The van der Waals surface area contributed by atoms with Crippen molar-refractivity contribution in [1.82, 2.24) is 25.5 Å². The molecular weight excluding hydrogens is 278 g/mol. The summed E-state index contributed by atoms with van der Waals surface area (Å²) in [6, 6.07) is 7.65. The SMILES string of the molecule is O=C(Cn1cnnn1)NC(c1ccc(Cl)cc1)C1CC1. The second-order valence-corrected chi connectivity index (χ2v) is 5.38. The number of aromatic nitrogens is 4. The number of hydrogen-bond donors (Lipinski definition) is 1. The van der Waals surface area contributed by atoms with E-state index in [1.54, 1.807) is 0 Å². The molecule has 0 aliphatic heterocycles. The highest BCUT2D eigenvalue weighted by molar-refractivity contribution is 6.30. The molecule has 1 aliphatic carbocycles. The molecule has 1 amide bonds. The van der Waals surface area contributed by atoms with E-state index < -0.39 is 0 Å². The van der Waals surface area contributed by atoms with Crippen molar-refractivity contribution in [2.24, 2.45) is 5.92 Å². The fourth-order valence-corrected chi connectivity index (χ4v) is 2.32. The Morgan fingerprint density at radius 3 is 2.75 bits per heavy atom. The van der Waals surface area contributed by atoms with Crippen molar-refractivity contribution in [1.29, 1.82) is 0 Å². The molecule has 6 nitrogen and oxygen atoms in total. The first-order valence-corrected chi connectivity index (χ1v) is 6.86. The Labute approximate surface area is 121 Å². The van der Waals surface area contributed by atoms with Gasteiger partial charge in [-0.1, -0.05) is 23.7 Å². The highest BCUT2D eigenvalue weighted by Gasteiger charge is 2.33. The van der Waals surface area contributed by atoms with Crippen molar-refractivity contribution < 1.29 is 4.79 Å². The molecule has 1 atom stereocenters. The van der Waals surface area contributed by atoms with Gasteiger partial charge in [0.2, 0.25) is 5.91 Å². The molecule has 0 saturated heterocycles. The van der Waals surface area contributed by atoms with Gasteiger partial charge >= 0.3 is 0 Å². The van der Waals surface area contributed by atoms with Gasteiger partial charge in [-0.05, 0) is 46.9 Å². The van der Waals surface area contributed by atoms with E-state index in [2.05, 4.69) is 20.8 Å². The zero-order valence-electron chi connectivity index (χ0n) is 10.7. The van der Waals surface area contributed by atoms with E-state index in [0.29, 0.717) is 10.9 Å². The van der Waals surface area contributed by atoms with Crippen molar-refractivity contribution in [3.63, 3.8) is 0 Å². The van der Waals surface area contributed by atoms with Crippen LogP contribution in [0.3, 0.4) is 0 Å². The molecule has 1 heterocycles. The Balaban J connectivity index is 1.68. The second kappa shape index (κ2) is 5.58. The molecule has 1 N–H and O–H groups in total. The molecule has 0 radical (unpaired) electrons. The minimum absolute atomic E-state index is 0.0382. The Morgan fingerprint density at radius 2 is 2.15 bits per heavy atom. The smallest absolute Gasteiger partial charge is 0.242 e. The lowest BCUT2D eigenvalue weighted by molar-refractivity contribution is -0.122. The Hall–Kier alpha value is -1.95. The summed E-state index contributed by atoms with van der Waals surface area (Å²) in [6.45, 7) is 0.129. The molecule has 1 aromatic carbocycles. The summed E-state index contributed by atoms with van der Waals surface area (Å²) in [5.74, 6) is 0.415. The first-order chi connectivity index (χ1) is 9.72. The molecule has 7 heteroatoms. The number of tetrazole rings is 1. The lowest BCUT2D eigenvalue weighted by Gasteiger charge is -2.18. The minimum atomic E-state index is -0.0934. The molecule has 0 bridgehead atoms. The Morgan fingerprint density at radius 1 is 1.40 bits per heavy atom. The van der Waals surface area contributed by atoms with Gasteiger partial charge in [-0.25, -0.2) is 4.68 Å². The van der Waals surface area contributed by atoms with Crippen LogP contribution in [0.4, 0.5) is 0 Å². The van der Waals surface area contributed by atoms with E-state index in [0.717, 1.165) is 18.4 Å². The van der Waals surface area contributed by atoms with Gasteiger partial charge in [-0.15, -0.1) is 5.10 Å². The van der Waals surface area contributed by atoms with Crippen LogP contribution in [0.25, 0.3) is 0 Å². The Kier molecular flexibility index (Phi) is 3.64. The first kappa shape index (κ1) is 13.1. The van der Waals surface area contributed by atoms with Crippen LogP contribution in [0.5, 0.6) is 0 Å². The van der Waals surface area contributed by atoms with Gasteiger partial charge in [0.25, 0.3) is 0 Å². The van der Waals surface area contributed by atoms with Gasteiger partial charge in [0.05, 0.1) is 6.04 Å². The van der Waals surface area contributed by atoms with Crippen LogP contribution in [0.2, 0.25) is 5.02 Å². The monoisotopic (exact) mass is 291 g/mol. The quantitative estimate of drug-likeness (QED) is 0.908. The molecule has 3 rings (SSSR count). The predicted molar refractivity (Wildman–Crippen MR) is 72.9 cm³/mol. The van der Waals surface area contributed by atoms with Gasteiger partial charge in [0, 0.05) is 5.02 Å². The van der Waals surface area contributed by atoms with Crippen molar-refractivity contribution in [3.8, 4) is 0 Å². The summed E-state index contributed by atoms with van der Waals surface area (Å²) in [5.41, 5.74) is 1.09. The molecule has 1 saturated carbocycles. The summed E-state index contributed by atoms with van der Waals surface area (Å²) in [5, 5.41) is 14.5. The Bertz CT molecular complexity index is 579. The second-order valence-electron chi connectivity index (χ2n) is 4.94. The van der Waals surface area contributed by atoms with Crippen LogP contribution in [0, 0.1) is 5.92 Å². The van der Waals surface area contributed by atoms with E-state index >= 15 is 0 Å². The van der Waals surface area contributed by atoms with Crippen molar-refractivity contribution in [2.75, 3.05) is 0 Å². The molecular formula is C13H14ClN5O. The number of rotatable bonds is 5. The fraction of sp³-hybridized carbons (Fsp3) is 0.385. The predicted octanol–water partition coefficient (Wildman–Crippen LogP) is 1.59. The first-order valence-electron chi connectivity index (χ1n) is 6.48. The van der Waals surface area contributed by atoms with Crippen LogP contribution in [-0.2, 0) is 11.3 Å². The molecule has 1 fully saturated rings. The summed E-state index contributed by atoms with van der Waals surface area (Å²) < 4.78 is 1.40. The van der Waals surface area contributed by atoms with Gasteiger partial charge in [-0.3, -0.25) is 4.79 Å². The average molecular weight is 292 g/mol. The van der Waals surface area contributed by atoms with E-state index in [1.807, 2.05) is 24.3 Å². The molecule has 104 valence electrons. The molecule has 1 aromatic heterocycles. The number of nitrogens with zero attached hydrogens (tertiary/aromatic N) is 4.